The van der Waals surface area contributed by atoms with Crippen molar-refractivity contribution in [1.82, 2.24) is 10.2 Å². The molecule has 2 aliphatic heterocycles. The average Bonchev–Trinajstić information content (AvgIpc) is 2.43. The number of nitrogens with one attached hydrogen (secondary N) is 1. The summed E-state index contributed by atoms with van der Waals surface area (Å²) in [5.41, 5.74) is -0.388. The van der Waals surface area contributed by atoms with E-state index < -0.39 is 0 Å². The van der Waals surface area contributed by atoms with E-state index in [4.69, 9.17) is 0 Å². The van der Waals surface area contributed by atoms with E-state index in [0.29, 0.717) is 12.1 Å². The van der Waals surface area contributed by atoms with E-state index in [-0.39, 0.29) is 5.60 Å². The van der Waals surface area contributed by atoms with Crippen molar-refractivity contribution in [1.29, 1.82) is 0 Å². The SMILES string of the molecule is CN(C)CCC1(O)C[C@H]2CC[C@@H](C1)N2. The summed E-state index contributed by atoms with van der Waals surface area (Å²) in [5.74, 6) is 0. The van der Waals surface area contributed by atoms with E-state index in [1.165, 1.54) is 12.8 Å². The van der Waals surface area contributed by atoms with Gasteiger partial charge in [0.25, 0.3) is 0 Å². The van der Waals surface area contributed by atoms with Crippen LogP contribution in [0.4, 0.5) is 0 Å². The number of nitrogens with zero attached hydrogens (tertiary/aromatic N) is 1. The summed E-state index contributed by atoms with van der Waals surface area (Å²) in [6.07, 6.45) is 5.35. The summed E-state index contributed by atoms with van der Waals surface area (Å²) >= 11 is 0. The molecule has 2 saturated heterocycles. The zero-order valence-corrected chi connectivity index (χ0v) is 9.29. The Balaban J connectivity index is 1.89. The summed E-state index contributed by atoms with van der Waals surface area (Å²) < 4.78 is 0. The number of piperidine rings is 1. The fourth-order valence-corrected chi connectivity index (χ4v) is 2.86. The van der Waals surface area contributed by atoms with Crippen molar-refractivity contribution in [3.8, 4) is 0 Å². The van der Waals surface area contributed by atoms with Gasteiger partial charge in [-0.25, -0.2) is 0 Å². The van der Waals surface area contributed by atoms with Gasteiger partial charge in [0.05, 0.1) is 5.60 Å². The molecule has 0 aromatic carbocycles. The third-order valence-corrected chi connectivity index (χ3v) is 3.61. The highest BCUT2D eigenvalue weighted by Crippen LogP contribution is 2.35. The van der Waals surface area contributed by atoms with Crippen LogP contribution in [0.2, 0.25) is 0 Å². The molecule has 0 aromatic heterocycles. The van der Waals surface area contributed by atoms with Crippen LogP contribution >= 0.6 is 0 Å². The van der Waals surface area contributed by atoms with Crippen molar-refractivity contribution in [2.75, 3.05) is 20.6 Å². The monoisotopic (exact) mass is 198 g/mol. The van der Waals surface area contributed by atoms with E-state index in [2.05, 4.69) is 24.3 Å². The lowest BCUT2D eigenvalue weighted by Gasteiger charge is -2.37. The minimum absolute atomic E-state index is 0.388. The van der Waals surface area contributed by atoms with E-state index >= 15 is 0 Å². The van der Waals surface area contributed by atoms with Gasteiger partial charge in [-0.2, -0.15) is 0 Å². The normalized spacial score (nSPS) is 42.0. The van der Waals surface area contributed by atoms with Gasteiger partial charge < -0.3 is 15.3 Å². The molecule has 2 bridgehead atoms. The molecule has 3 atom stereocenters. The van der Waals surface area contributed by atoms with Gasteiger partial charge in [-0.15, -0.1) is 0 Å². The van der Waals surface area contributed by atoms with Gasteiger partial charge in [0.2, 0.25) is 0 Å². The molecule has 82 valence electrons. The van der Waals surface area contributed by atoms with Crippen LogP contribution in [0.25, 0.3) is 0 Å². The first-order chi connectivity index (χ1) is 6.57. The van der Waals surface area contributed by atoms with Crippen LogP contribution in [-0.2, 0) is 0 Å². The van der Waals surface area contributed by atoms with Crippen molar-refractivity contribution >= 4 is 0 Å². The molecule has 3 nitrogen and oxygen atoms in total. The Bertz CT molecular complexity index is 193. The third kappa shape index (κ3) is 2.27. The van der Waals surface area contributed by atoms with E-state index in [1.54, 1.807) is 0 Å². The van der Waals surface area contributed by atoms with Gasteiger partial charge in [-0.05, 0) is 46.2 Å². The molecule has 0 radical (unpaired) electrons. The van der Waals surface area contributed by atoms with Crippen LogP contribution in [0.1, 0.15) is 32.1 Å². The fraction of sp³-hybridized carbons (Fsp3) is 1.00. The molecular weight excluding hydrogens is 176 g/mol. The Morgan fingerprint density at radius 1 is 1.29 bits per heavy atom. The Morgan fingerprint density at radius 3 is 2.36 bits per heavy atom. The van der Waals surface area contributed by atoms with Gasteiger partial charge in [-0.3, -0.25) is 0 Å². The Labute approximate surface area is 86.5 Å². The van der Waals surface area contributed by atoms with Gasteiger partial charge in [0.15, 0.2) is 0 Å². The first-order valence-electron chi connectivity index (χ1n) is 5.71. The van der Waals surface area contributed by atoms with Crippen molar-refractivity contribution < 1.29 is 5.11 Å². The van der Waals surface area contributed by atoms with Gasteiger partial charge in [0.1, 0.15) is 0 Å². The lowest BCUT2D eigenvalue weighted by molar-refractivity contribution is -0.0183. The highest BCUT2D eigenvalue weighted by molar-refractivity contribution is 4.99. The molecule has 2 rings (SSSR count). The number of hydrogen-bond acceptors (Lipinski definition) is 3. The van der Waals surface area contributed by atoms with E-state index in [0.717, 1.165) is 25.8 Å². The van der Waals surface area contributed by atoms with Crippen LogP contribution in [0.5, 0.6) is 0 Å². The lowest BCUT2D eigenvalue weighted by Crippen LogP contribution is -2.49. The second-order valence-electron chi connectivity index (χ2n) is 5.32. The molecule has 0 spiro atoms. The largest absolute Gasteiger partial charge is 0.390 e. The van der Waals surface area contributed by atoms with Crippen molar-refractivity contribution in [3.05, 3.63) is 0 Å². The van der Waals surface area contributed by atoms with Gasteiger partial charge >= 0.3 is 0 Å². The predicted octanol–water partition coefficient (Wildman–Crippen LogP) is 0.584. The fourth-order valence-electron chi connectivity index (χ4n) is 2.86. The molecule has 3 heteroatoms. The number of fused-ring (bicyclic) bond motifs is 2. The van der Waals surface area contributed by atoms with Crippen LogP contribution < -0.4 is 5.32 Å². The van der Waals surface area contributed by atoms with Crippen molar-refractivity contribution in [2.24, 2.45) is 0 Å². The van der Waals surface area contributed by atoms with Crippen LogP contribution in [0.3, 0.4) is 0 Å². The van der Waals surface area contributed by atoms with Crippen molar-refractivity contribution in [3.63, 3.8) is 0 Å². The Kier molecular flexibility index (Phi) is 2.82. The maximum atomic E-state index is 10.4. The summed E-state index contributed by atoms with van der Waals surface area (Å²) in [6, 6.07) is 1.17. The molecule has 14 heavy (non-hydrogen) atoms. The van der Waals surface area contributed by atoms with Crippen molar-refractivity contribution in [2.45, 2.75) is 49.8 Å². The first-order valence-corrected chi connectivity index (χ1v) is 5.71. The second-order valence-corrected chi connectivity index (χ2v) is 5.32. The smallest absolute Gasteiger partial charge is 0.0689 e. The second kappa shape index (κ2) is 3.80. The predicted molar refractivity (Wildman–Crippen MR) is 57.3 cm³/mol. The molecule has 1 unspecified atom stereocenters. The highest BCUT2D eigenvalue weighted by Gasteiger charge is 2.41. The van der Waals surface area contributed by atoms with Crippen LogP contribution in [-0.4, -0.2) is 48.3 Å². The number of hydrogen-bond donors (Lipinski definition) is 2. The maximum Gasteiger partial charge on any atom is 0.0689 e. The molecule has 2 N–H and O–H groups in total. The van der Waals surface area contributed by atoms with Gasteiger partial charge in [0, 0.05) is 18.6 Å². The lowest BCUT2D eigenvalue weighted by atomic mass is 9.85. The van der Waals surface area contributed by atoms with E-state index in [9.17, 15) is 5.11 Å². The summed E-state index contributed by atoms with van der Waals surface area (Å²) in [7, 11) is 4.14. The highest BCUT2D eigenvalue weighted by atomic mass is 16.3. The summed E-state index contributed by atoms with van der Waals surface area (Å²) in [4.78, 5) is 2.15. The Morgan fingerprint density at radius 2 is 1.86 bits per heavy atom. The van der Waals surface area contributed by atoms with Gasteiger partial charge in [-0.1, -0.05) is 0 Å². The van der Waals surface area contributed by atoms with E-state index in [1.807, 2.05) is 0 Å². The molecule has 2 fully saturated rings. The third-order valence-electron chi connectivity index (χ3n) is 3.61. The Hall–Kier alpha value is -0.120. The topological polar surface area (TPSA) is 35.5 Å². The summed E-state index contributed by atoms with van der Waals surface area (Å²) in [5, 5.41) is 14.0. The standard InChI is InChI=1S/C11H22N2O/c1-13(2)6-5-11(14)7-9-3-4-10(8-11)12-9/h9-10,12,14H,3-8H2,1-2H3/t9-,10+,11?. The minimum atomic E-state index is -0.388. The number of rotatable bonds is 3. The van der Waals surface area contributed by atoms with Crippen LogP contribution in [0, 0.1) is 0 Å². The first kappa shape index (κ1) is 10.4. The van der Waals surface area contributed by atoms with Crippen LogP contribution in [0.15, 0.2) is 0 Å². The molecule has 0 aromatic rings. The molecule has 0 amide bonds. The zero-order chi connectivity index (χ0) is 10.2. The quantitative estimate of drug-likeness (QED) is 0.696. The molecule has 2 heterocycles. The molecule has 0 aliphatic carbocycles. The number of aliphatic hydroxyl groups is 1. The molecular formula is C11H22N2O. The average molecular weight is 198 g/mol. The summed E-state index contributed by atoms with van der Waals surface area (Å²) in [6.45, 7) is 0.996. The zero-order valence-electron chi connectivity index (χ0n) is 9.29. The molecule has 0 saturated carbocycles. The molecule has 2 aliphatic rings. The maximum absolute atomic E-state index is 10.4. The minimum Gasteiger partial charge on any atom is -0.390 e.